The zero-order valence-electron chi connectivity index (χ0n) is 5.70. The van der Waals surface area contributed by atoms with E-state index in [4.69, 9.17) is 0 Å². The monoisotopic (exact) mass is 145 g/mol. The molecular weight excluding hydrogens is 140 g/mol. The van der Waals surface area contributed by atoms with Gasteiger partial charge in [0.25, 0.3) is 0 Å². The number of fused-ring (bicyclic) bond motifs is 1. The first kappa shape index (κ1) is 6.16. The molecule has 0 N–H and O–H groups in total. The van der Waals surface area contributed by atoms with Crippen molar-refractivity contribution in [3.63, 3.8) is 0 Å². The third-order valence-electron chi connectivity index (χ3n) is 1.49. The summed E-state index contributed by atoms with van der Waals surface area (Å²) in [5, 5.41) is 1.69. The van der Waals surface area contributed by atoms with Crippen LogP contribution in [0.15, 0.2) is 39.7 Å². The summed E-state index contributed by atoms with van der Waals surface area (Å²) in [6, 6.07) is 10.0. The van der Waals surface area contributed by atoms with Crippen molar-refractivity contribution in [2.75, 3.05) is 0 Å². The van der Waals surface area contributed by atoms with Crippen LogP contribution < -0.4 is 5.63 Å². The van der Waals surface area contributed by atoms with E-state index in [1.165, 1.54) is 6.26 Å². The molecule has 1 aromatic carbocycles. The first-order valence-corrected chi connectivity index (χ1v) is 3.26. The summed E-state index contributed by atoms with van der Waals surface area (Å²) in [6.45, 7) is 0. The van der Waals surface area contributed by atoms with E-state index in [-0.39, 0.29) is 0 Å². The Kier molecular flexibility index (Phi) is 1.25. The van der Waals surface area contributed by atoms with E-state index in [0.717, 1.165) is 10.8 Å². The van der Waals surface area contributed by atoms with E-state index < -0.39 is 5.63 Å². The first-order valence-electron chi connectivity index (χ1n) is 3.26. The number of benzene rings is 1. The number of rotatable bonds is 0. The standard InChI is InChI=1S/C9H5O2/c10-9-5-7-3-1-2-4-8(7)6-11-9/h1-4,6H. The van der Waals surface area contributed by atoms with Crippen molar-refractivity contribution < 1.29 is 4.42 Å². The molecule has 0 unspecified atom stereocenters. The van der Waals surface area contributed by atoms with Crippen molar-refractivity contribution in [1.82, 2.24) is 0 Å². The highest BCUT2D eigenvalue weighted by molar-refractivity contribution is 5.79. The first-order chi connectivity index (χ1) is 5.36. The van der Waals surface area contributed by atoms with Crippen LogP contribution in [-0.4, -0.2) is 0 Å². The molecule has 0 aliphatic rings. The molecule has 0 atom stereocenters. The van der Waals surface area contributed by atoms with Gasteiger partial charge in [-0.25, -0.2) is 4.79 Å². The molecule has 0 fully saturated rings. The fourth-order valence-electron chi connectivity index (χ4n) is 0.970. The van der Waals surface area contributed by atoms with Crippen LogP contribution in [0.3, 0.4) is 0 Å². The number of hydrogen-bond donors (Lipinski definition) is 0. The van der Waals surface area contributed by atoms with Crippen LogP contribution in [0.5, 0.6) is 0 Å². The van der Waals surface area contributed by atoms with E-state index in [9.17, 15) is 4.79 Å². The van der Waals surface area contributed by atoms with Crippen LogP contribution in [0.25, 0.3) is 10.8 Å². The molecule has 11 heavy (non-hydrogen) atoms. The summed E-state index contributed by atoms with van der Waals surface area (Å²) in [6.07, 6.45) is 1.44. The van der Waals surface area contributed by atoms with Crippen LogP contribution in [0.4, 0.5) is 0 Å². The van der Waals surface area contributed by atoms with Gasteiger partial charge in [-0.15, -0.1) is 0 Å². The van der Waals surface area contributed by atoms with Gasteiger partial charge in [0, 0.05) is 10.8 Å². The number of hydrogen-bond acceptors (Lipinski definition) is 2. The van der Waals surface area contributed by atoms with E-state index >= 15 is 0 Å². The summed E-state index contributed by atoms with van der Waals surface area (Å²) >= 11 is 0. The largest absolute Gasteiger partial charge is 0.430 e. The molecule has 0 aliphatic heterocycles. The van der Waals surface area contributed by atoms with Crippen molar-refractivity contribution >= 4 is 10.8 Å². The van der Waals surface area contributed by atoms with Gasteiger partial charge in [0.05, 0.1) is 6.07 Å². The van der Waals surface area contributed by atoms with Gasteiger partial charge in [-0.3, -0.25) is 0 Å². The van der Waals surface area contributed by atoms with Gasteiger partial charge < -0.3 is 4.42 Å². The van der Waals surface area contributed by atoms with Crippen molar-refractivity contribution in [3.8, 4) is 0 Å². The highest BCUT2D eigenvalue weighted by Crippen LogP contribution is 2.08. The maximum atomic E-state index is 10.7. The van der Waals surface area contributed by atoms with Gasteiger partial charge in [-0.1, -0.05) is 24.3 Å². The van der Waals surface area contributed by atoms with Crippen LogP contribution in [-0.2, 0) is 0 Å². The second kappa shape index (κ2) is 2.23. The normalized spacial score (nSPS) is 10.2. The molecular formula is C9H5O2. The molecule has 53 valence electrons. The van der Waals surface area contributed by atoms with E-state index in [2.05, 4.69) is 10.5 Å². The summed E-state index contributed by atoms with van der Waals surface area (Å²) in [5.41, 5.74) is -0.427. The van der Waals surface area contributed by atoms with Gasteiger partial charge >= 0.3 is 5.63 Å². The van der Waals surface area contributed by atoms with Crippen LogP contribution in [0, 0.1) is 6.07 Å². The van der Waals surface area contributed by atoms with Gasteiger partial charge in [0.2, 0.25) is 0 Å². The Labute approximate surface area is 63.1 Å². The van der Waals surface area contributed by atoms with Gasteiger partial charge in [-0.2, -0.15) is 0 Å². The Morgan fingerprint density at radius 1 is 1.27 bits per heavy atom. The Bertz CT molecular complexity index is 429. The third-order valence-corrected chi connectivity index (χ3v) is 1.49. The van der Waals surface area contributed by atoms with Crippen molar-refractivity contribution in [1.29, 1.82) is 0 Å². The molecule has 0 spiro atoms. The molecule has 0 saturated carbocycles. The molecule has 0 aliphatic carbocycles. The lowest BCUT2D eigenvalue weighted by Gasteiger charge is -1.90. The molecule has 0 amide bonds. The molecule has 0 bridgehead atoms. The average Bonchev–Trinajstić information content (AvgIpc) is 2.04. The molecule has 0 saturated heterocycles. The highest BCUT2D eigenvalue weighted by Gasteiger charge is 1.92. The lowest BCUT2D eigenvalue weighted by Crippen LogP contribution is -1.94. The smallest absolute Gasteiger partial charge is 0.344 e. The topological polar surface area (TPSA) is 30.2 Å². The Morgan fingerprint density at radius 3 is 3.00 bits per heavy atom. The predicted octanol–water partition coefficient (Wildman–Crippen LogP) is 1.59. The van der Waals surface area contributed by atoms with Gasteiger partial charge in [0.1, 0.15) is 6.26 Å². The quantitative estimate of drug-likeness (QED) is 0.563. The molecule has 2 nitrogen and oxygen atoms in total. The van der Waals surface area contributed by atoms with Gasteiger partial charge in [-0.05, 0) is 0 Å². The summed E-state index contributed by atoms with van der Waals surface area (Å²) in [7, 11) is 0. The second-order valence-corrected chi connectivity index (χ2v) is 2.24. The van der Waals surface area contributed by atoms with Crippen LogP contribution in [0.1, 0.15) is 0 Å². The average molecular weight is 145 g/mol. The lowest BCUT2D eigenvalue weighted by atomic mass is 10.2. The fraction of sp³-hybridized carbons (Fsp3) is 0. The molecule has 1 aromatic heterocycles. The Balaban J connectivity index is 2.94. The maximum Gasteiger partial charge on any atom is 0.344 e. The minimum Gasteiger partial charge on any atom is -0.430 e. The molecule has 2 rings (SSSR count). The molecule has 1 radical (unpaired) electrons. The SMILES string of the molecule is O=c1[c]c2ccccc2co1. The minimum absolute atomic E-state index is 0.427. The predicted molar refractivity (Wildman–Crippen MR) is 41.3 cm³/mol. The fourth-order valence-corrected chi connectivity index (χ4v) is 0.970. The van der Waals surface area contributed by atoms with E-state index in [0.29, 0.717) is 0 Å². The summed E-state index contributed by atoms with van der Waals surface area (Å²) in [5.74, 6) is 0. The van der Waals surface area contributed by atoms with Gasteiger partial charge in [0.15, 0.2) is 0 Å². The zero-order chi connectivity index (χ0) is 7.68. The zero-order valence-corrected chi connectivity index (χ0v) is 5.70. The Hall–Kier alpha value is -1.57. The van der Waals surface area contributed by atoms with Crippen molar-refractivity contribution in [2.45, 2.75) is 0 Å². The highest BCUT2D eigenvalue weighted by atomic mass is 16.4. The summed E-state index contributed by atoms with van der Waals surface area (Å²) in [4.78, 5) is 10.7. The lowest BCUT2D eigenvalue weighted by molar-refractivity contribution is 0.516. The van der Waals surface area contributed by atoms with Crippen molar-refractivity contribution in [3.05, 3.63) is 47.0 Å². The van der Waals surface area contributed by atoms with Crippen LogP contribution in [0.2, 0.25) is 0 Å². The summed E-state index contributed by atoms with van der Waals surface area (Å²) < 4.78 is 4.63. The Morgan fingerprint density at radius 2 is 2.09 bits per heavy atom. The van der Waals surface area contributed by atoms with E-state index in [1.807, 2.05) is 24.3 Å². The van der Waals surface area contributed by atoms with Crippen molar-refractivity contribution in [2.24, 2.45) is 0 Å². The molecule has 2 aromatic rings. The molecule has 2 heteroatoms. The minimum atomic E-state index is -0.427. The maximum absolute atomic E-state index is 10.7. The second-order valence-electron chi connectivity index (χ2n) is 2.24. The van der Waals surface area contributed by atoms with E-state index in [1.54, 1.807) is 0 Å². The third kappa shape index (κ3) is 1.03. The molecule has 1 heterocycles. The van der Waals surface area contributed by atoms with Crippen LogP contribution >= 0.6 is 0 Å².